The highest BCUT2D eigenvalue weighted by Crippen LogP contribution is 2.23. The molecule has 86 valence electrons. The monoisotopic (exact) mass is 291 g/mol. The SMILES string of the molecule is NC(N)=NC(=O)c1cccc2cc(Br)ccc12. The van der Waals surface area contributed by atoms with Crippen molar-refractivity contribution in [1.82, 2.24) is 0 Å². The Morgan fingerprint density at radius 2 is 1.94 bits per heavy atom. The molecular formula is C12H10BrN3O. The number of amides is 1. The largest absolute Gasteiger partial charge is 0.370 e. The number of carbonyl (C=O) groups is 1. The van der Waals surface area contributed by atoms with Gasteiger partial charge in [0.15, 0.2) is 5.96 Å². The summed E-state index contributed by atoms with van der Waals surface area (Å²) in [6.07, 6.45) is 0. The summed E-state index contributed by atoms with van der Waals surface area (Å²) in [6.45, 7) is 0. The van der Waals surface area contributed by atoms with Gasteiger partial charge in [-0.1, -0.05) is 34.1 Å². The van der Waals surface area contributed by atoms with Crippen LogP contribution in [0.5, 0.6) is 0 Å². The molecule has 4 nitrogen and oxygen atoms in total. The first-order chi connectivity index (χ1) is 8.08. The molecule has 1 amide bonds. The molecule has 0 spiro atoms. The number of aliphatic imine (C=N–C) groups is 1. The lowest BCUT2D eigenvalue weighted by atomic mass is 10.0. The van der Waals surface area contributed by atoms with Crippen LogP contribution in [0, 0.1) is 0 Å². The number of hydrogen-bond donors (Lipinski definition) is 2. The number of nitrogens with two attached hydrogens (primary N) is 2. The summed E-state index contributed by atoms with van der Waals surface area (Å²) in [5.74, 6) is -0.665. The molecule has 0 aliphatic rings. The van der Waals surface area contributed by atoms with Crippen LogP contribution in [-0.2, 0) is 0 Å². The van der Waals surface area contributed by atoms with Crippen molar-refractivity contribution in [2.24, 2.45) is 16.5 Å². The second kappa shape index (κ2) is 4.55. The number of rotatable bonds is 1. The fraction of sp³-hybridized carbons (Fsp3) is 0. The van der Waals surface area contributed by atoms with E-state index in [1.54, 1.807) is 12.1 Å². The molecular weight excluding hydrogens is 282 g/mol. The first kappa shape index (κ1) is 11.6. The molecule has 0 aliphatic heterocycles. The molecule has 2 rings (SSSR count). The van der Waals surface area contributed by atoms with E-state index in [4.69, 9.17) is 11.5 Å². The molecule has 5 heteroatoms. The fourth-order valence-corrected chi connectivity index (χ4v) is 2.00. The highest BCUT2D eigenvalue weighted by molar-refractivity contribution is 9.10. The van der Waals surface area contributed by atoms with Crippen LogP contribution in [0.1, 0.15) is 10.4 Å². The van der Waals surface area contributed by atoms with Crippen LogP contribution < -0.4 is 11.5 Å². The van der Waals surface area contributed by atoms with Gasteiger partial charge in [-0.15, -0.1) is 0 Å². The summed E-state index contributed by atoms with van der Waals surface area (Å²) in [6, 6.07) is 11.1. The van der Waals surface area contributed by atoms with Gasteiger partial charge in [-0.2, -0.15) is 4.99 Å². The number of guanidine groups is 1. The Morgan fingerprint density at radius 1 is 1.18 bits per heavy atom. The Balaban J connectivity index is 2.63. The third kappa shape index (κ3) is 2.45. The number of fused-ring (bicyclic) bond motifs is 1. The normalized spacial score (nSPS) is 10.2. The summed E-state index contributed by atoms with van der Waals surface area (Å²) in [7, 11) is 0. The van der Waals surface area contributed by atoms with Crippen molar-refractivity contribution in [3.63, 3.8) is 0 Å². The molecule has 0 aliphatic carbocycles. The Hall–Kier alpha value is -1.88. The van der Waals surface area contributed by atoms with Gasteiger partial charge in [0.1, 0.15) is 0 Å². The number of nitrogens with zero attached hydrogens (tertiary/aromatic N) is 1. The van der Waals surface area contributed by atoms with Crippen molar-refractivity contribution in [2.45, 2.75) is 0 Å². The molecule has 2 aromatic carbocycles. The van der Waals surface area contributed by atoms with Crippen molar-refractivity contribution in [3.8, 4) is 0 Å². The van der Waals surface area contributed by atoms with E-state index in [1.165, 1.54) is 0 Å². The van der Waals surface area contributed by atoms with E-state index in [2.05, 4.69) is 20.9 Å². The van der Waals surface area contributed by atoms with Gasteiger partial charge < -0.3 is 11.5 Å². The van der Waals surface area contributed by atoms with Gasteiger partial charge in [0.2, 0.25) is 0 Å². The van der Waals surface area contributed by atoms with Crippen molar-refractivity contribution < 1.29 is 4.79 Å². The lowest BCUT2D eigenvalue weighted by molar-refractivity contribution is 0.100. The molecule has 17 heavy (non-hydrogen) atoms. The summed E-state index contributed by atoms with van der Waals surface area (Å²) >= 11 is 3.38. The van der Waals surface area contributed by atoms with Crippen molar-refractivity contribution in [2.75, 3.05) is 0 Å². The van der Waals surface area contributed by atoms with Gasteiger partial charge in [0.05, 0.1) is 0 Å². The second-order valence-electron chi connectivity index (χ2n) is 3.51. The van der Waals surface area contributed by atoms with E-state index in [0.29, 0.717) is 5.56 Å². The van der Waals surface area contributed by atoms with Crippen LogP contribution in [0.3, 0.4) is 0 Å². The van der Waals surface area contributed by atoms with E-state index in [-0.39, 0.29) is 5.96 Å². The molecule has 0 radical (unpaired) electrons. The summed E-state index contributed by atoms with van der Waals surface area (Å²) in [5, 5.41) is 1.78. The lowest BCUT2D eigenvalue weighted by Gasteiger charge is -2.03. The molecule has 0 aromatic heterocycles. The van der Waals surface area contributed by atoms with Crippen LogP contribution in [0.25, 0.3) is 10.8 Å². The number of benzene rings is 2. The molecule has 4 N–H and O–H groups in total. The topological polar surface area (TPSA) is 81.5 Å². The molecule has 0 atom stereocenters. The van der Waals surface area contributed by atoms with Gasteiger partial charge >= 0.3 is 0 Å². The van der Waals surface area contributed by atoms with Gasteiger partial charge in [-0.25, -0.2) is 0 Å². The van der Waals surface area contributed by atoms with Crippen LogP contribution in [0.2, 0.25) is 0 Å². The Labute approximate surface area is 106 Å². The number of hydrogen-bond acceptors (Lipinski definition) is 1. The predicted molar refractivity (Wildman–Crippen MR) is 71.8 cm³/mol. The van der Waals surface area contributed by atoms with Crippen LogP contribution in [-0.4, -0.2) is 11.9 Å². The Bertz CT molecular complexity index is 618. The zero-order valence-electron chi connectivity index (χ0n) is 8.85. The summed E-state index contributed by atoms with van der Waals surface area (Å²) in [4.78, 5) is 15.3. The molecule has 0 saturated heterocycles. The molecule has 0 unspecified atom stereocenters. The Morgan fingerprint density at radius 3 is 2.65 bits per heavy atom. The van der Waals surface area contributed by atoms with Gasteiger partial charge in [0.25, 0.3) is 5.91 Å². The standard InChI is InChI=1S/C12H10BrN3O/c13-8-4-5-9-7(6-8)2-1-3-10(9)11(17)16-12(14)15/h1-6H,(H4,14,15,16,17). The number of halogens is 1. The fourth-order valence-electron chi connectivity index (χ4n) is 1.62. The van der Waals surface area contributed by atoms with E-state index in [1.807, 2.05) is 24.3 Å². The molecule has 0 fully saturated rings. The van der Waals surface area contributed by atoms with Gasteiger partial charge in [-0.05, 0) is 29.0 Å². The van der Waals surface area contributed by atoms with E-state index in [0.717, 1.165) is 15.2 Å². The zero-order valence-corrected chi connectivity index (χ0v) is 10.4. The average molecular weight is 292 g/mol. The third-order valence-corrected chi connectivity index (χ3v) is 2.80. The lowest BCUT2D eigenvalue weighted by Crippen LogP contribution is -2.24. The first-order valence-electron chi connectivity index (χ1n) is 4.90. The predicted octanol–water partition coefficient (Wildman–Crippen LogP) is 2.02. The van der Waals surface area contributed by atoms with Crippen LogP contribution in [0.4, 0.5) is 0 Å². The molecule has 0 heterocycles. The minimum Gasteiger partial charge on any atom is -0.370 e. The van der Waals surface area contributed by atoms with Crippen LogP contribution >= 0.6 is 15.9 Å². The van der Waals surface area contributed by atoms with Gasteiger partial charge in [-0.3, -0.25) is 4.79 Å². The highest BCUT2D eigenvalue weighted by Gasteiger charge is 2.09. The Kier molecular flexibility index (Phi) is 3.10. The summed E-state index contributed by atoms with van der Waals surface area (Å²) in [5.41, 5.74) is 10.9. The van der Waals surface area contributed by atoms with E-state index < -0.39 is 5.91 Å². The van der Waals surface area contributed by atoms with E-state index >= 15 is 0 Å². The maximum atomic E-state index is 11.8. The highest BCUT2D eigenvalue weighted by atomic mass is 79.9. The van der Waals surface area contributed by atoms with E-state index in [9.17, 15) is 4.79 Å². The van der Waals surface area contributed by atoms with Crippen molar-refractivity contribution >= 4 is 38.6 Å². The first-order valence-corrected chi connectivity index (χ1v) is 5.69. The third-order valence-electron chi connectivity index (χ3n) is 2.30. The molecule has 0 saturated carbocycles. The average Bonchev–Trinajstić information content (AvgIpc) is 2.26. The summed E-state index contributed by atoms with van der Waals surface area (Å²) < 4.78 is 0.955. The van der Waals surface area contributed by atoms with Crippen molar-refractivity contribution in [3.05, 3.63) is 46.4 Å². The zero-order chi connectivity index (χ0) is 12.4. The quantitative estimate of drug-likeness (QED) is 0.623. The van der Waals surface area contributed by atoms with Crippen LogP contribution in [0.15, 0.2) is 45.9 Å². The minimum absolute atomic E-state index is 0.232. The maximum absolute atomic E-state index is 11.8. The van der Waals surface area contributed by atoms with Crippen molar-refractivity contribution in [1.29, 1.82) is 0 Å². The maximum Gasteiger partial charge on any atom is 0.280 e. The minimum atomic E-state index is -0.432. The second-order valence-corrected chi connectivity index (χ2v) is 4.43. The molecule has 2 aromatic rings. The smallest absolute Gasteiger partial charge is 0.280 e. The van der Waals surface area contributed by atoms with Gasteiger partial charge in [0, 0.05) is 10.0 Å². The number of carbonyl (C=O) groups excluding carboxylic acids is 1. The molecule has 0 bridgehead atoms.